The van der Waals surface area contributed by atoms with Crippen LogP contribution >= 0.6 is 11.3 Å². The van der Waals surface area contributed by atoms with E-state index in [2.05, 4.69) is 9.72 Å². The molecule has 2 rings (SSSR count). The Bertz CT molecular complexity index is 568. The van der Waals surface area contributed by atoms with Crippen molar-refractivity contribution in [2.45, 2.75) is 19.3 Å². The number of aryl methyl sites for hydroxylation is 1. The third-order valence-corrected chi connectivity index (χ3v) is 3.61. The normalized spacial score (nSPS) is 10.4. The minimum Gasteiger partial charge on any atom is -0.469 e. The van der Waals surface area contributed by atoms with Crippen LogP contribution in [0.25, 0.3) is 0 Å². The smallest absolute Gasteiger partial charge is 0.305 e. The first kappa shape index (κ1) is 13.7. The molecule has 0 aliphatic rings. The zero-order chi connectivity index (χ0) is 13.7. The summed E-state index contributed by atoms with van der Waals surface area (Å²) in [6, 6.07) is 6.68. The minimum atomic E-state index is -0.247. The molecular formula is C14H14FNO2S. The standard InChI is InChI=1S/C14H14FNO2S/c1-18-14(17)7-6-11-9-19-13(16-11)8-10-4-2-3-5-12(10)15/h2-5,9H,6-8H2,1H3. The lowest BCUT2D eigenvalue weighted by molar-refractivity contribution is -0.140. The first-order valence-corrected chi connectivity index (χ1v) is 6.80. The first-order chi connectivity index (χ1) is 9.19. The topological polar surface area (TPSA) is 39.2 Å². The second kappa shape index (κ2) is 6.43. The molecule has 0 saturated carbocycles. The molecule has 1 heterocycles. The molecule has 0 aliphatic carbocycles. The van der Waals surface area contributed by atoms with Crippen molar-refractivity contribution in [2.75, 3.05) is 7.11 Å². The number of carbonyl (C=O) groups excluding carboxylic acids is 1. The largest absolute Gasteiger partial charge is 0.469 e. The average molecular weight is 279 g/mol. The van der Waals surface area contributed by atoms with E-state index in [9.17, 15) is 9.18 Å². The summed E-state index contributed by atoms with van der Waals surface area (Å²) in [6.07, 6.45) is 1.36. The Morgan fingerprint density at radius 1 is 1.42 bits per heavy atom. The number of esters is 1. The van der Waals surface area contributed by atoms with Gasteiger partial charge in [0.1, 0.15) is 5.82 Å². The predicted molar refractivity (Wildman–Crippen MR) is 71.7 cm³/mol. The monoisotopic (exact) mass is 279 g/mol. The summed E-state index contributed by atoms with van der Waals surface area (Å²) >= 11 is 1.48. The SMILES string of the molecule is COC(=O)CCc1csc(Cc2ccccc2F)n1. The Morgan fingerprint density at radius 2 is 2.21 bits per heavy atom. The Balaban J connectivity index is 1.98. The molecule has 0 bridgehead atoms. The number of rotatable bonds is 5. The molecule has 0 fully saturated rings. The number of halogens is 1. The van der Waals surface area contributed by atoms with E-state index in [1.807, 2.05) is 11.4 Å². The lowest BCUT2D eigenvalue weighted by atomic mass is 10.1. The maximum Gasteiger partial charge on any atom is 0.305 e. The van der Waals surface area contributed by atoms with Crippen LogP contribution in [0.5, 0.6) is 0 Å². The van der Waals surface area contributed by atoms with E-state index < -0.39 is 0 Å². The van der Waals surface area contributed by atoms with Crippen LogP contribution in [0.1, 0.15) is 22.7 Å². The second-order valence-electron chi connectivity index (χ2n) is 4.08. The van der Waals surface area contributed by atoms with Crippen molar-refractivity contribution in [1.29, 1.82) is 0 Å². The van der Waals surface area contributed by atoms with Gasteiger partial charge in [0.15, 0.2) is 0 Å². The number of thiazole rings is 1. The van der Waals surface area contributed by atoms with Crippen LogP contribution in [-0.2, 0) is 22.4 Å². The fraction of sp³-hybridized carbons (Fsp3) is 0.286. The van der Waals surface area contributed by atoms with Gasteiger partial charge in [-0.3, -0.25) is 4.79 Å². The molecule has 0 saturated heterocycles. The van der Waals surface area contributed by atoms with Crippen molar-refractivity contribution in [3.63, 3.8) is 0 Å². The van der Waals surface area contributed by atoms with E-state index in [0.717, 1.165) is 10.7 Å². The zero-order valence-corrected chi connectivity index (χ0v) is 11.4. The van der Waals surface area contributed by atoms with Crippen LogP contribution in [0, 0.1) is 5.82 Å². The van der Waals surface area contributed by atoms with Crippen molar-refractivity contribution in [3.8, 4) is 0 Å². The number of benzene rings is 1. The molecule has 0 N–H and O–H groups in total. The highest BCUT2D eigenvalue weighted by Gasteiger charge is 2.08. The molecule has 1 aromatic carbocycles. The summed E-state index contributed by atoms with van der Waals surface area (Å²) in [5, 5.41) is 2.75. The summed E-state index contributed by atoms with van der Waals surface area (Å²) in [5.74, 6) is -0.461. The number of ether oxygens (including phenoxy) is 1. The Kier molecular flexibility index (Phi) is 4.63. The van der Waals surface area contributed by atoms with Gasteiger partial charge >= 0.3 is 5.97 Å². The van der Waals surface area contributed by atoms with Gasteiger partial charge in [0.2, 0.25) is 0 Å². The molecule has 0 spiro atoms. The second-order valence-corrected chi connectivity index (χ2v) is 5.02. The lowest BCUT2D eigenvalue weighted by Gasteiger charge is -1.99. The van der Waals surface area contributed by atoms with Crippen molar-refractivity contribution in [3.05, 3.63) is 51.7 Å². The molecule has 0 amide bonds. The van der Waals surface area contributed by atoms with Crippen LogP contribution in [-0.4, -0.2) is 18.1 Å². The number of hydrogen-bond acceptors (Lipinski definition) is 4. The van der Waals surface area contributed by atoms with Crippen molar-refractivity contribution < 1.29 is 13.9 Å². The van der Waals surface area contributed by atoms with Gasteiger partial charge in [-0.1, -0.05) is 18.2 Å². The van der Waals surface area contributed by atoms with Gasteiger partial charge in [0, 0.05) is 18.2 Å². The molecule has 0 aliphatic heterocycles. The summed E-state index contributed by atoms with van der Waals surface area (Å²) in [5.41, 5.74) is 1.48. The molecule has 0 radical (unpaired) electrons. The van der Waals surface area contributed by atoms with Crippen LogP contribution < -0.4 is 0 Å². The summed E-state index contributed by atoms with van der Waals surface area (Å²) in [7, 11) is 1.37. The molecule has 1 aromatic heterocycles. The van der Waals surface area contributed by atoms with Crippen LogP contribution in [0.4, 0.5) is 4.39 Å². The van der Waals surface area contributed by atoms with Crippen molar-refractivity contribution >= 4 is 17.3 Å². The maximum absolute atomic E-state index is 13.5. The van der Waals surface area contributed by atoms with Gasteiger partial charge in [-0.05, 0) is 11.6 Å². The van der Waals surface area contributed by atoms with Gasteiger partial charge in [0.05, 0.1) is 24.2 Å². The third-order valence-electron chi connectivity index (χ3n) is 2.71. The summed E-state index contributed by atoms with van der Waals surface area (Å²) < 4.78 is 18.1. The van der Waals surface area contributed by atoms with Crippen LogP contribution in [0.3, 0.4) is 0 Å². The Hall–Kier alpha value is -1.75. The summed E-state index contributed by atoms with van der Waals surface area (Å²) in [4.78, 5) is 15.4. The van der Waals surface area contributed by atoms with Crippen LogP contribution in [0.15, 0.2) is 29.6 Å². The van der Waals surface area contributed by atoms with Gasteiger partial charge < -0.3 is 4.74 Å². The molecule has 0 unspecified atom stereocenters. The van der Waals surface area contributed by atoms with E-state index in [1.165, 1.54) is 24.5 Å². The molecule has 0 atom stereocenters. The molecule has 3 nitrogen and oxygen atoms in total. The van der Waals surface area contributed by atoms with Gasteiger partial charge in [-0.25, -0.2) is 9.37 Å². The molecular weight excluding hydrogens is 265 g/mol. The molecule has 19 heavy (non-hydrogen) atoms. The predicted octanol–water partition coefficient (Wildman–Crippen LogP) is 2.98. The quantitative estimate of drug-likeness (QED) is 0.790. The Morgan fingerprint density at radius 3 is 2.95 bits per heavy atom. The van der Waals surface area contributed by atoms with Crippen molar-refractivity contribution in [1.82, 2.24) is 4.98 Å². The first-order valence-electron chi connectivity index (χ1n) is 5.92. The Labute approximate surface area is 115 Å². The van der Waals surface area contributed by atoms with E-state index in [1.54, 1.807) is 12.1 Å². The number of carbonyl (C=O) groups is 1. The zero-order valence-electron chi connectivity index (χ0n) is 10.6. The van der Waals surface area contributed by atoms with Gasteiger partial charge in [0.25, 0.3) is 0 Å². The van der Waals surface area contributed by atoms with Gasteiger partial charge in [-0.2, -0.15) is 0 Å². The minimum absolute atomic E-state index is 0.214. The van der Waals surface area contributed by atoms with E-state index >= 15 is 0 Å². The van der Waals surface area contributed by atoms with E-state index in [-0.39, 0.29) is 11.8 Å². The van der Waals surface area contributed by atoms with Crippen LogP contribution in [0.2, 0.25) is 0 Å². The number of hydrogen-bond donors (Lipinski definition) is 0. The summed E-state index contributed by atoms with van der Waals surface area (Å²) in [6.45, 7) is 0. The highest BCUT2D eigenvalue weighted by atomic mass is 32.1. The highest BCUT2D eigenvalue weighted by molar-refractivity contribution is 7.09. The fourth-order valence-corrected chi connectivity index (χ4v) is 2.53. The number of methoxy groups -OCH3 is 1. The maximum atomic E-state index is 13.5. The van der Waals surface area contributed by atoms with Gasteiger partial charge in [-0.15, -0.1) is 11.3 Å². The highest BCUT2D eigenvalue weighted by Crippen LogP contribution is 2.17. The van der Waals surface area contributed by atoms with E-state index in [4.69, 9.17) is 0 Å². The molecule has 2 aromatic rings. The fourth-order valence-electron chi connectivity index (χ4n) is 1.68. The van der Waals surface area contributed by atoms with Crippen molar-refractivity contribution in [2.24, 2.45) is 0 Å². The lowest BCUT2D eigenvalue weighted by Crippen LogP contribution is -2.02. The number of nitrogens with zero attached hydrogens (tertiary/aromatic N) is 1. The molecule has 5 heteroatoms. The molecule has 100 valence electrons. The average Bonchev–Trinajstić information content (AvgIpc) is 2.86. The third kappa shape index (κ3) is 3.86. The number of aromatic nitrogens is 1. The van der Waals surface area contributed by atoms with E-state index in [0.29, 0.717) is 24.8 Å².